The van der Waals surface area contributed by atoms with Crippen LogP contribution in [0.15, 0.2) is 35.1 Å². The van der Waals surface area contributed by atoms with Gasteiger partial charge in [-0.05, 0) is 18.6 Å². The quantitative estimate of drug-likeness (QED) is 0.835. The van der Waals surface area contributed by atoms with E-state index in [1.54, 1.807) is 35.2 Å². The molecule has 1 aliphatic rings. The molecule has 0 bridgehead atoms. The van der Waals surface area contributed by atoms with Gasteiger partial charge in [-0.15, -0.1) is 0 Å². The van der Waals surface area contributed by atoms with Gasteiger partial charge in [-0.2, -0.15) is 5.10 Å². The first kappa shape index (κ1) is 13.4. The smallest absolute Gasteiger partial charge is 0.315 e. The van der Waals surface area contributed by atoms with Crippen LogP contribution in [0.2, 0.25) is 0 Å². The molecular weight excluding hydrogens is 272 g/mol. The van der Waals surface area contributed by atoms with Gasteiger partial charge in [0.2, 0.25) is 0 Å². The number of nitrogens with zero attached hydrogens (tertiary/aromatic N) is 3. The predicted molar refractivity (Wildman–Crippen MR) is 74.5 cm³/mol. The van der Waals surface area contributed by atoms with Crippen molar-refractivity contribution in [2.24, 2.45) is 7.05 Å². The molecule has 0 aliphatic carbocycles. The van der Waals surface area contributed by atoms with Crippen LogP contribution in [0.1, 0.15) is 18.1 Å². The minimum Gasteiger partial charge on any atom is -0.469 e. The number of aromatic nitrogens is 2. The van der Waals surface area contributed by atoms with Gasteiger partial charge in [-0.3, -0.25) is 14.3 Å². The van der Waals surface area contributed by atoms with Crippen molar-refractivity contribution in [2.45, 2.75) is 12.3 Å². The van der Waals surface area contributed by atoms with Crippen molar-refractivity contribution in [3.63, 3.8) is 0 Å². The van der Waals surface area contributed by atoms with E-state index in [1.165, 1.54) is 0 Å². The molecule has 3 rings (SSSR count). The predicted octanol–water partition coefficient (Wildman–Crippen LogP) is 0.968. The van der Waals surface area contributed by atoms with Crippen LogP contribution in [-0.2, 0) is 16.6 Å². The monoisotopic (exact) mass is 288 g/mol. The maximum absolute atomic E-state index is 12.1. The van der Waals surface area contributed by atoms with Crippen molar-refractivity contribution >= 4 is 17.6 Å². The minimum atomic E-state index is -0.659. The molecule has 1 atom stereocenters. The van der Waals surface area contributed by atoms with Gasteiger partial charge in [-0.25, -0.2) is 0 Å². The van der Waals surface area contributed by atoms with Gasteiger partial charge in [0.05, 0.1) is 6.26 Å². The number of furan rings is 1. The van der Waals surface area contributed by atoms with E-state index in [0.29, 0.717) is 18.9 Å². The lowest BCUT2D eigenvalue weighted by molar-refractivity contribution is -0.142. The van der Waals surface area contributed by atoms with Crippen LogP contribution in [0, 0.1) is 0 Å². The molecule has 2 amide bonds. The summed E-state index contributed by atoms with van der Waals surface area (Å²) in [5.74, 6) is 0.197. The van der Waals surface area contributed by atoms with Crippen molar-refractivity contribution in [2.75, 3.05) is 18.4 Å². The zero-order chi connectivity index (χ0) is 14.8. The van der Waals surface area contributed by atoms with Crippen molar-refractivity contribution in [1.29, 1.82) is 0 Å². The van der Waals surface area contributed by atoms with Crippen LogP contribution in [0.4, 0.5) is 5.82 Å². The SMILES string of the molecule is Cn1ccc(NC(=O)C(=O)N2CC[C@H](c3ccco3)C2)n1. The van der Waals surface area contributed by atoms with Crippen molar-refractivity contribution in [1.82, 2.24) is 14.7 Å². The second kappa shape index (κ2) is 5.43. The van der Waals surface area contributed by atoms with Gasteiger partial charge < -0.3 is 14.6 Å². The first-order valence-electron chi connectivity index (χ1n) is 6.77. The Kier molecular flexibility index (Phi) is 3.47. The van der Waals surface area contributed by atoms with Crippen LogP contribution in [0.25, 0.3) is 0 Å². The number of likely N-dealkylation sites (tertiary alicyclic amines) is 1. The van der Waals surface area contributed by atoms with E-state index >= 15 is 0 Å². The number of carbonyl (C=O) groups excluding carboxylic acids is 2. The number of rotatable bonds is 2. The molecule has 7 nitrogen and oxygen atoms in total. The van der Waals surface area contributed by atoms with E-state index in [9.17, 15) is 9.59 Å². The molecule has 0 spiro atoms. The van der Waals surface area contributed by atoms with E-state index in [2.05, 4.69) is 10.4 Å². The first-order chi connectivity index (χ1) is 10.1. The summed E-state index contributed by atoms with van der Waals surface area (Å²) >= 11 is 0. The van der Waals surface area contributed by atoms with E-state index in [1.807, 2.05) is 12.1 Å². The third-order valence-corrected chi connectivity index (χ3v) is 3.57. The Balaban J connectivity index is 1.59. The summed E-state index contributed by atoms with van der Waals surface area (Å²) in [5.41, 5.74) is 0. The summed E-state index contributed by atoms with van der Waals surface area (Å²) in [6.45, 7) is 1.06. The number of hydrogen-bond donors (Lipinski definition) is 1. The number of anilines is 1. The standard InChI is InChI=1S/C14H16N4O3/c1-17-6-5-12(16-17)15-13(19)14(20)18-7-4-10(9-18)11-3-2-8-21-11/h2-3,5-6,8,10H,4,7,9H2,1H3,(H,15,16,19)/t10-/m0/s1. The minimum absolute atomic E-state index is 0.159. The highest BCUT2D eigenvalue weighted by molar-refractivity contribution is 6.39. The molecular formula is C14H16N4O3. The van der Waals surface area contributed by atoms with Gasteiger partial charge in [0.15, 0.2) is 5.82 Å². The lowest BCUT2D eigenvalue weighted by atomic mass is 10.1. The molecule has 21 heavy (non-hydrogen) atoms. The van der Waals surface area contributed by atoms with Gasteiger partial charge in [0, 0.05) is 38.3 Å². The lowest BCUT2D eigenvalue weighted by Crippen LogP contribution is -2.38. The van der Waals surface area contributed by atoms with Crippen LogP contribution in [0.3, 0.4) is 0 Å². The third kappa shape index (κ3) is 2.81. The molecule has 2 aromatic rings. The largest absolute Gasteiger partial charge is 0.469 e. The van der Waals surface area contributed by atoms with Crippen molar-refractivity contribution in [3.8, 4) is 0 Å². The topological polar surface area (TPSA) is 80.4 Å². The molecule has 1 aliphatic heterocycles. The second-order valence-electron chi connectivity index (χ2n) is 5.08. The molecule has 2 aromatic heterocycles. The van der Waals surface area contributed by atoms with Crippen LogP contribution < -0.4 is 5.32 Å². The molecule has 110 valence electrons. The highest BCUT2D eigenvalue weighted by Crippen LogP contribution is 2.27. The van der Waals surface area contributed by atoms with Gasteiger partial charge in [-0.1, -0.05) is 0 Å². The van der Waals surface area contributed by atoms with E-state index in [-0.39, 0.29) is 5.92 Å². The van der Waals surface area contributed by atoms with Crippen LogP contribution in [0.5, 0.6) is 0 Å². The molecule has 0 saturated carbocycles. The Morgan fingerprint density at radius 1 is 1.43 bits per heavy atom. The summed E-state index contributed by atoms with van der Waals surface area (Å²) < 4.78 is 6.91. The molecule has 1 N–H and O–H groups in total. The molecule has 0 aromatic carbocycles. The van der Waals surface area contributed by atoms with Crippen LogP contribution in [-0.4, -0.2) is 39.6 Å². The number of nitrogens with one attached hydrogen (secondary N) is 1. The van der Waals surface area contributed by atoms with Gasteiger partial charge >= 0.3 is 11.8 Å². The molecule has 0 radical (unpaired) electrons. The highest BCUT2D eigenvalue weighted by atomic mass is 16.3. The van der Waals surface area contributed by atoms with E-state index < -0.39 is 11.8 Å². The maximum atomic E-state index is 12.1. The van der Waals surface area contributed by atoms with Crippen LogP contribution >= 0.6 is 0 Å². The van der Waals surface area contributed by atoms with Crippen molar-refractivity contribution in [3.05, 3.63) is 36.4 Å². The Morgan fingerprint density at radius 3 is 2.95 bits per heavy atom. The summed E-state index contributed by atoms with van der Waals surface area (Å²) in [4.78, 5) is 25.6. The lowest BCUT2D eigenvalue weighted by Gasteiger charge is -2.14. The fourth-order valence-corrected chi connectivity index (χ4v) is 2.50. The van der Waals surface area contributed by atoms with Gasteiger partial charge in [0.25, 0.3) is 0 Å². The zero-order valence-corrected chi connectivity index (χ0v) is 11.7. The number of amides is 2. The summed E-state index contributed by atoms with van der Waals surface area (Å²) in [5, 5.41) is 6.52. The average molecular weight is 288 g/mol. The number of carbonyl (C=O) groups is 2. The van der Waals surface area contributed by atoms with Crippen molar-refractivity contribution < 1.29 is 14.0 Å². The Labute approximate surface area is 121 Å². The fourth-order valence-electron chi connectivity index (χ4n) is 2.50. The average Bonchev–Trinajstić information content (AvgIpc) is 3.18. The second-order valence-corrected chi connectivity index (χ2v) is 5.08. The molecule has 1 fully saturated rings. The highest BCUT2D eigenvalue weighted by Gasteiger charge is 2.32. The molecule has 7 heteroatoms. The zero-order valence-electron chi connectivity index (χ0n) is 11.7. The molecule has 3 heterocycles. The van der Waals surface area contributed by atoms with Gasteiger partial charge in [0.1, 0.15) is 5.76 Å². The normalized spacial score (nSPS) is 18.0. The summed E-state index contributed by atoms with van der Waals surface area (Å²) in [6, 6.07) is 5.36. The summed E-state index contributed by atoms with van der Waals surface area (Å²) in [7, 11) is 1.74. The Hall–Kier alpha value is -2.57. The summed E-state index contributed by atoms with van der Waals surface area (Å²) in [6.07, 6.45) is 4.12. The molecule has 0 unspecified atom stereocenters. The number of hydrogen-bond acceptors (Lipinski definition) is 4. The molecule has 1 saturated heterocycles. The van der Waals surface area contributed by atoms with E-state index in [4.69, 9.17) is 4.42 Å². The maximum Gasteiger partial charge on any atom is 0.315 e. The third-order valence-electron chi connectivity index (χ3n) is 3.57. The first-order valence-corrected chi connectivity index (χ1v) is 6.77. The fraction of sp³-hybridized carbons (Fsp3) is 0.357. The van der Waals surface area contributed by atoms with E-state index in [0.717, 1.165) is 12.2 Å². The Bertz CT molecular complexity index is 647. The number of aryl methyl sites for hydroxylation is 1. The Morgan fingerprint density at radius 2 is 2.29 bits per heavy atom.